The number of ether oxygens (including phenoxy) is 1. The van der Waals surface area contributed by atoms with Gasteiger partial charge in [-0.3, -0.25) is 4.79 Å². The first kappa shape index (κ1) is 16.2. The van der Waals surface area contributed by atoms with Crippen LogP contribution in [0.4, 0.5) is 5.69 Å². The third-order valence-electron chi connectivity index (χ3n) is 3.61. The minimum atomic E-state index is -0.184. The summed E-state index contributed by atoms with van der Waals surface area (Å²) in [5.74, 6) is 0.645. The normalized spacial score (nSPS) is 10.4. The number of nitrogens with zero attached hydrogens (tertiary/aromatic N) is 1. The van der Waals surface area contributed by atoms with Crippen LogP contribution in [0.1, 0.15) is 26.6 Å². The van der Waals surface area contributed by atoms with E-state index in [0.29, 0.717) is 12.1 Å². The molecule has 0 radical (unpaired) electrons. The molecule has 0 bridgehead atoms. The van der Waals surface area contributed by atoms with E-state index in [1.54, 1.807) is 12.5 Å². The van der Waals surface area contributed by atoms with Crippen molar-refractivity contribution >= 4 is 22.9 Å². The van der Waals surface area contributed by atoms with Crippen LogP contribution in [0, 0.1) is 6.92 Å². The SMILES string of the molecule is COc1ccc(Cc2nc(C(=O)Nc3ccc(C)cc3)cs2)cc1. The molecule has 122 valence electrons. The van der Waals surface area contributed by atoms with Crippen molar-refractivity contribution in [3.63, 3.8) is 0 Å². The van der Waals surface area contributed by atoms with Crippen molar-refractivity contribution in [3.8, 4) is 5.75 Å². The third kappa shape index (κ3) is 4.00. The van der Waals surface area contributed by atoms with Crippen molar-refractivity contribution in [3.05, 3.63) is 75.7 Å². The van der Waals surface area contributed by atoms with E-state index >= 15 is 0 Å². The summed E-state index contributed by atoms with van der Waals surface area (Å²) in [6.45, 7) is 2.01. The van der Waals surface area contributed by atoms with Gasteiger partial charge in [0, 0.05) is 17.5 Å². The van der Waals surface area contributed by atoms with E-state index in [2.05, 4.69) is 10.3 Å². The van der Waals surface area contributed by atoms with E-state index in [1.165, 1.54) is 11.3 Å². The van der Waals surface area contributed by atoms with Crippen LogP contribution >= 0.6 is 11.3 Å². The van der Waals surface area contributed by atoms with E-state index < -0.39 is 0 Å². The van der Waals surface area contributed by atoms with Gasteiger partial charge in [-0.05, 0) is 36.8 Å². The highest BCUT2D eigenvalue weighted by molar-refractivity contribution is 7.09. The number of carbonyl (C=O) groups excluding carboxylic acids is 1. The molecule has 1 aromatic heterocycles. The number of aromatic nitrogens is 1. The lowest BCUT2D eigenvalue weighted by molar-refractivity contribution is 0.102. The largest absolute Gasteiger partial charge is 0.497 e. The van der Waals surface area contributed by atoms with E-state index in [-0.39, 0.29) is 5.91 Å². The van der Waals surface area contributed by atoms with Crippen LogP contribution in [-0.4, -0.2) is 18.0 Å². The van der Waals surface area contributed by atoms with Crippen molar-refractivity contribution in [1.29, 1.82) is 0 Å². The van der Waals surface area contributed by atoms with Crippen molar-refractivity contribution in [2.45, 2.75) is 13.3 Å². The fourth-order valence-electron chi connectivity index (χ4n) is 2.25. The number of benzene rings is 2. The summed E-state index contributed by atoms with van der Waals surface area (Å²) in [7, 11) is 1.65. The molecule has 0 saturated carbocycles. The zero-order valence-corrected chi connectivity index (χ0v) is 14.4. The molecule has 1 heterocycles. The highest BCUT2D eigenvalue weighted by atomic mass is 32.1. The number of amides is 1. The standard InChI is InChI=1S/C19H18N2O2S/c1-13-3-7-15(8-4-13)20-19(22)17-12-24-18(21-17)11-14-5-9-16(23-2)10-6-14/h3-10,12H,11H2,1-2H3,(H,20,22). The molecule has 0 atom stereocenters. The van der Waals surface area contributed by atoms with Crippen LogP contribution in [0.2, 0.25) is 0 Å². The number of rotatable bonds is 5. The van der Waals surface area contributed by atoms with Gasteiger partial charge in [0.05, 0.1) is 12.1 Å². The molecular formula is C19H18N2O2S. The average Bonchev–Trinajstić information content (AvgIpc) is 3.06. The molecule has 1 amide bonds. The average molecular weight is 338 g/mol. The maximum absolute atomic E-state index is 12.3. The summed E-state index contributed by atoms with van der Waals surface area (Å²) in [4.78, 5) is 16.7. The Morgan fingerprint density at radius 2 is 1.83 bits per heavy atom. The number of thiazole rings is 1. The second kappa shape index (κ2) is 7.27. The van der Waals surface area contributed by atoms with Crippen LogP contribution in [0.25, 0.3) is 0 Å². The Hall–Kier alpha value is -2.66. The number of hydrogen-bond donors (Lipinski definition) is 1. The Morgan fingerprint density at radius 1 is 1.12 bits per heavy atom. The van der Waals surface area contributed by atoms with Gasteiger partial charge in [-0.15, -0.1) is 11.3 Å². The maximum atomic E-state index is 12.3. The molecule has 5 heteroatoms. The Bertz CT molecular complexity index is 823. The second-order valence-corrected chi connectivity index (χ2v) is 6.41. The summed E-state index contributed by atoms with van der Waals surface area (Å²) in [6, 6.07) is 15.6. The summed E-state index contributed by atoms with van der Waals surface area (Å²) >= 11 is 1.49. The quantitative estimate of drug-likeness (QED) is 0.754. The lowest BCUT2D eigenvalue weighted by Crippen LogP contribution is -2.12. The minimum absolute atomic E-state index is 0.184. The molecule has 3 rings (SSSR count). The van der Waals surface area contributed by atoms with Crippen LogP contribution in [0.3, 0.4) is 0 Å². The molecule has 0 saturated heterocycles. The zero-order chi connectivity index (χ0) is 16.9. The van der Waals surface area contributed by atoms with Gasteiger partial charge < -0.3 is 10.1 Å². The van der Waals surface area contributed by atoms with Gasteiger partial charge in [-0.2, -0.15) is 0 Å². The predicted octanol–water partition coefficient (Wildman–Crippen LogP) is 4.30. The van der Waals surface area contributed by atoms with Crippen LogP contribution < -0.4 is 10.1 Å². The van der Waals surface area contributed by atoms with Gasteiger partial charge in [0.25, 0.3) is 5.91 Å². The van der Waals surface area contributed by atoms with Crippen LogP contribution in [0.15, 0.2) is 53.9 Å². The summed E-state index contributed by atoms with van der Waals surface area (Å²) < 4.78 is 5.15. The van der Waals surface area contributed by atoms with Gasteiger partial charge >= 0.3 is 0 Å². The molecule has 0 unspecified atom stereocenters. The molecular weight excluding hydrogens is 320 g/mol. The van der Waals surface area contributed by atoms with Gasteiger partial charge in [-0.25, -0.2) is 4.98 Å². The number of carbonyl (C=O) groups is 1. The van der Waals surface area contributed by atoms with Crippen LogP contribution in [0.5, 0.6) is 5.75 Å². The fourth-order valence-corrected chi connectivity index (χ4v) is 3.05. The van der Waals surface area contributed by atoms with E-state index in [1.807, 2.05) is 55.5 Å². The molecule has 4 nitrogen and oxygen atoms in total. The number of anilines is 1. The van der Waals surface area contributed by atoms with E-state index in [4.69, 9.17) is 4.74 Å². The highest BCUT2D eigenvalue weighted by Gasteiger charge is 2.11. The molecule has 0 spiro atoms. The van der Waals surface area contributed by atoms with E-state index in [0.717, 1.165) is 27.6 Å². The fraction of sp³-hybridized carbons (Fsp3) is 0.158. The number of hydrogen-bond acceptors (Lipinski definition) is 4. The van der Waals surface area contributed by atoms with Crippen molar-refractivity contribution in [1.82, 2.24) is 4.98 Å². The monoisotopic (exact) mass is 338 g/mol. The first-order chi connectivity index (χ1) is 11.6. The van der Waals surface area contributed by atoms with Crippen molar-refractivity contribution < 1.29 is 9.53 Å². The van der Waals surface area contributed by atoms with Gasteiger partial charge in [0.1, 0.15) is 11.4 Å². The van der Waals surface area contributed by atoms with Crippen molar-refractivity contribution in [2.24, 2.45) is 0 Å². The lowest BCUT2D eigenvalue weighted by atomic mass is 10.1. The molecule has 24 heavy (non-hydrogen) atoms. The highest BCUT2D eigenvalue weighted by Crippen LogP contribution is 2.18. The molecule has 0 aliphatic carbocycles. The third-order valence-corrected chi connectivity index (χ3v) is 4.46. The molecule has 0 aliphatic heterocycles. The van der Waals surface area contributed by atoms with Crippen LogP contribution in [-0.2, 0) is 6.42 Å². The summed E-state index contributed by atoms with van der Waals surface area (Å²) in [6.07, 6.45) is 0.701. The smallest absolute Gasteiger partial charge is 0.275 e. The maximum Gasteiger partial charge on any atom is 0.275 e. The Labute approximate surface area is 145 Å². The molecule has 0 aliphatic rings. The number of methoxy groups -OCH3 is 1. The zero-order valence-electron chi connectivity index (χ0n) is 13.6. The first-order valence-electron chi connectivity index (χ1n) is 7.59. The Kier molecular flexibility index (Phi) is 4.91. The molecule has 2 aromatic carbocycles. The van der Waals surface area contributed by atoms with E-state index in [9.17, 15) is 4.79 Å². The molecule has 0 fully saturated rings. The predicted molar refractivity (Wildman–Crippen MR) is 97.0 cm³/mol. The summed E-state index contributed by atoms with van der Waals surface area (Å²) in [5, 5.41) is 5.57. The number of aryl methyl sites for hydroxylation is 1. The Balaban J connectivity index is 1.65. The lowest BCUT2D eigenvalue weighted by Gasteiger charge is -2.03. The van der Waals surface area contributed by atoms with Gasteiger partial charge in [0.2, 0.25) is 0 Å². The van der Waals surface area contributed by atoms with Gasteiger partial charge in [0.15, 0.2) is 0 Å². The molecule has 1 N–H and O–H groups in total. The first-order valence-corrected chi connectivity index (χ1v) is 8.47. The minimum Gasteiger partial charge on any atom is -0.497 e. The molecule has 3 aromatic rings. The number of nitrogens with one attached hydrogen (secondary N) is 1. The summed E-state index contributed by atoms with van der Waals surface area (Å²) in [5.41, 5.74) is 3.51. The Morgan fingerprint density at radius 3 is 2.50 bits per heavy atom. The topological polar surface area (TPSA) is 51.2 Å². The van der Waals surface area contributed by atoms with Gasteiger partial charge in [-0.1, -0.05) is 29.8 Å². The van der Waals surface area contributed by atoms with Crippen molar-refractivity contribution in [2.75, 3.05) is 12.4 Å². The second-order valence-electron chi connectivity index (χ2n) is 5.47.